The Hall–Kier alpha value is -2.08. The monoisotopic (exact) mass is 278 g/mol. The first-order valence-electron chi connectivity index (χ1n) is 6.49. The lowest BCUT2D eigenvalue weighted by molar-refractivity contribution is -0.122. The number of ether oxygens (including phenoxy) is 1. The number of carboxylic acid groups (broad SMARTS) is 1. The van der Waals surface area contributed by atoms with E-state index in [9.17, 15) is 9.59 Å². The molecule has 0 saturated heterocycles. The Morgan fingerprint density at radius 2 is 2.10 bits per heavy atom. The van der Waals surface area contributed by atoms with Crippen LogP contribution < -0.4 is 15.4 Å². The van der Waals surface area contributed by atoms with Gasteiger partial charge in [-0.05, 0) is 19.1 Å². The zero-order chi connectivity index (χ0) is 14.9. The summed E-state index contributed by atoms with van der Waals surface area (Å²) >= 11 is 0. The molecule has 2 atom stereocenters. The molecule has 0 fully saturated rings. The molecule has 6 heteroatoms. The molecule has 0 saturated carbocycles. The second-order valence-corrected chi connectivity index (χ2v) is 4.95. The molecule has 1 amide bonds. The van der Waals surface area contributed by atoms with E-state index in [1.807, 2.05) is 0 Å². The summed E-state index contributed by atoms with van der Waals surface area (Å²) in [5, 5.41) is 9.16. The number of aromatic carboxylic acids is 1. The molecule has 0 radical (unpaired) electrons. The van der Waals surface area contributed by atoms with Crippen LogP contribution in [0.1, 0.15) is 24.2 Å². The zero-order valence-electron chi connectivity index (χ0n) is 11.5. The number of hydrogen-bond acceptors (Lipinski definition) is 4. The van der Waals surface area contributed by atoms with Crippen LogP contribution in [0.2, 0.25) is 0 Å². The summed E-state index contributed by atoms with van der Waals surface area (Å²) in [5.41, 5.74) is 6.33. The average Bonchev–Trinajstić information content (AvgIpc) is 2.44. The second-order valence-electron chi connectivity index (χ2n) is 4.95. The summed E-state index contributed by atoms with van der Waals surface area (Å²) in [6.45, 7) is 4.21. The van der Waals surface area contributed by atoms with Crippen LogP contribution in [-0.4, -0.2) is 36.2 Å². The molecule has 2 rings (SSSR count). The fraction of sp³-hybridized carbons (Fsp3) is 0.429. The lowest BCUT2D eigenvalue weighted by Crippen LogP contribution is -2.45. The summed E-state index contributed by atoms with van der Waals surface area (Å²) in [5.74, 6) is -1.28. The second kappa shape index (κ2) is 5.50. The standard InChI is InChI=1S/C14H18N2O4/c1-8(9(2)15)13(17)16-6-7-20-12-10(14(18)19)4-3-5-11(12)16/h3-5,8-9H,6-7,15H2,1-2H3,(H,18,19). The van der Waals surface area contributed by atoms with E-state index < -0.39 is 5.97 Å². The van der Waals surface area contributed by atoms with Gasteiger partial charge in [-0.25, -0.2) is 4.79 Å². The van der Waals surface area contributed by atoms with E-state index >= 15 is 0 Å². The first-order chi connectivity index (χ1) is 9.43. The van der Waals surface area contributed by atoms with Crippen molar-refractivity contribution < 1.29 is 19.4 Å². The maximum absolute atomic E-state index is 12.4. The Balaban J connectivity index is 2.41. The summed E-state index contributed by atoms with van der Waals surface area (Å²) < 4.78 is 5.43. The van der Waals surface area contributed by atoms with Crippen LogP contribution in [0.5, 0.6) is 5.75 Å². The van der Waals surface area contributed by atoms with Gasteiger partial charge in [-0.2, -0.15) is 0 Å². The van der Waals surface area contributed by atoms with Gasteiger partial charge in [0, 0.05) is 6.04 Å². The van der Waals surface area contributed by atoms with Crippen molar-refractivity contribution in [2.24, 2.45) is 11.7 Å². The van der Waals surface area contributed by atoms with Crippen LogP contribution in [0.15, 0.2) is 18.2 Å². The Bertz CT molecular complexity index is 542. The molecule has 3 N–H and O–H groups in total. The van der Waals surface area contributed by atoms with Gasteiger partial charge in [0.05, 0.1) is 18.2 Å². The van der Waals surface area contributed by atoms with Crippen molar-refractivity contribution in [3.8, 4) is 5.75 Å². The highest BCUT2D eigenvalue weighted by molar-refractivity contribution is 6.00. The van der Waals surface area contributed by atoms with Crippen LogP contribution in [-0.2, 0) is 4.79 Å². The normalized spacial score (nSPS) is 16.9. The minimum absolute atomic E-state index is 0.0634. The first-order valence-corrected chi connectivity index (χ1v) is 6.49. The van der Waals surface area contributed by atoms with Gasteiger partial charge >= 0.3 is 5.97 Å². The predicted octanol–water partition coefficient (Wildman–Crippen LogP) is 1.09. The first kappa shape index (κ1) is 14.3. The summed E-state index contributed by atoms with van der Waals surface area (Å²) in [6.07, 6.45) is 0. The van der Waals surface area contributed by atoms with Gasteiger partial charge in [0.2, 0.25) is 5.91 Å². The fourth-order valence-electron chi connectivity index (χ4n) is 2.12. The highest BCUT2D eigenvalue weighted by Gasteiger charge is 2.30. The van der Waals surface area contributed by atoms with Gasteiger partial charge in [0.15, 0.2) is 5.75 Å². The molecule has 0 bridgehead atoms. The van der Waals surface area contributed by atoms with Gasteiger partial charge in [-0.15, -0.1) is 0 Å². The molecule has 1 aliphatic rings. The van der Waals surface area contributed by atoms with E-state index in [1.54, 1.807) is 30.9 Å². The van der Waals surface area contributed by atoms with E-state index in [4.69, 9.17) is 15.6 Å². The van der Waals surface area contributed by atoms with Crippen LogP contribution in [0, 0.1) is 5.92 Å². The quantitative estimate of drug-likeness (QED) is 0.863. The number of fused-ring (bicyclic) bond motifs is 1. The van der Waals surface area contributed by atoms with Gasteiger partial charge < -0.3 is 20.5 Å². The molecule has 2 unspecified atom stereocenters. The minimum atomic E-state index is -1.07. The Morgan fingerprint density at radius 1 is 1.40 bits per heavy atom. The molecule has 6 nitrogen and oxygen atoms in total. The summed E-state index contributed by atoms with van der Waals surface area (Å²) in [7, 11) is 0. The van der Waals surface area contributed by atoms with Gasteiger partial charge in [-0.1, -0.05) is 13.0 Å². The van der Waals surface area contributed by atoms with Crippen molar-refractivity contribution in [3.63, 3.8) is 0 Å². The van der Waals surface area contributed by atoms with Gasteiger partial charge in [-0.3, -0.25) is 4.79 Å². The number of nitrogens with two attached hydrogens (primary N) is 1. The summed E-state index contributed by atoms with van der Waals surface area (Å²) in [4.78, 5) is 25.2. The van der Waals surface area contributed by atoms with Crippen molar-refractivity contribution in [2.75, 3.05) is 18.1 Å². The third kappa shape index (κ3) is 2.46. The van der Waals surface area contributed by atoms with Crippen molar-refractivity contribution >= 4 is 17.6 Å². The Kier molecular flexibility index (Phi) is 3.94. The van der Waals surface area contributed by atoms with Crippen LogP contribution >= 0.6 is 0 Å². The smallest absolute Gasteiger partial charge is 0.339 e. The van der Waals surface area contributed by atoms with Gasteiger partial charge in [0.1, 0.15) is 12.2 Å². The van der Waals surface area contributed by atoms with Crippen molar-refractivity contribution in [1.82, 2.24) is 0 Å². The zero-order valence-corrected chi connectivity index (χ0v) is 11.5. The molecule has 1 aromatic carbocycles. The van der Waals surface area contributed by atoms with E-state index in [0.29, 0.717) is 12.2 Å². The molecule has 0 aliphatic carbocycles. The number of benzene rings is 1. The molecule has 108 valence electrons. The molecule has 1 aromatic rings. The Labute approximate surface area is 117 Å². The molecule has 0 aromatic heterocycles. The number of hydrogen-bond donors (Lipinski definition) is 2. The van der Waals surface area contributed by atoms with Gasteiger partial charge in [0.25, 0.3) is 0 Å². The molecular weight excluding hydrogens is 260 g/mol. The number of rotatable bonds is 3. The van der Waals surface area contributed by atoms with Crippen LogP contribution in [0.25, 0.3) is 0 Å². The number of amides is 1. The van der Waals surface area contributed by atoms with Crippen molar-refractivity contribution in [3.05, 3.63) is 23.8 Å². The number of carboxylic acids is 1. The molecular formula is C14H18N2O4. The Morgan fingerprint density at radius 3 is 2.70 bits per heavy atom. The van der Waals surface area contributed by atoms with E-state index in [1.165, 1.54) is 6.07 Å². The minimum Gasteiger partial charge on any atom is -0.489 e. The number of nitrogens with zero attached hydrogens (tertiary/aromatic N) is 1. The third-order valence-electron chi connectivity index (χ3n) is 3.52. The SMILES string of the molecule is CC(N)C(C)C(=O)N1CCOc2c(C(=O)O)cccc21. The fourth-order valence-corrected chi connectivity index (χ4v) is 2.12. The van der Waals surface area contributed by atoms with E-state index in [0.717, 1.165) is 0 Å². The topological polar surface area (TPSA) is 92.9 Å². The highest BCUT2D eigenvalue weighted by atomic mass is 16.5. The predicted molar refractivity (Wildman–Crippen MR) is 74.1 cm³/mol. The van der Waals surface area contributed by atoms with E-state index in [2.05, 4.69) is 0 Å². The molecule has 0 spiro atoms. The highest BCUT2D eigenvalue weighted by Crippen LogP contribution is 2.35. The van der Waals surface area contributed by atoms with E-state index in [-0.39, 0.29) is 35.8 Å². The van der Waals surface area contributed by atoms with Crippen LogP contribution in [0.4, 0.5) is 5.69 Å². The molecule has 1 heterocycles. The summed E-state index contributed by atoms with van der Waals surface area (Å²) in [6, 6.07) is 4.49. The largest absolute Gasteiger partial charge is 0.489 e. The lowest BCUT2D eigenvalue weighted by atomic mass is 10.0. The lowest BCUT2D eigenvalue weighted by Gasteiger charge is -2.32. The molecule has 1 aliphatic heterocycles. The van der Waals surface area contributed by atoms with Crippen molar-refractivity contribution in [2.45, 2.75) is 19.9 Å². The number of para-hydroxylation sites is 1. The third-order valence-corrected chi connectivity index (χ3v) is 3.52. The number of anilines is 1. The maximum atomic E-state index is 12.4. The number of carbonyl (C=O) groups excluding carboxylic acids is 1. The van der Waals surface area contributed by atoms with Crippen LogP contribution in [0.3, 0.4) is 0 Å². The number of carbonyl (C=O) groups is 2. The van der Waals surface area contributed by atoms with Crippen molar-refractivity contribution in [1.29, 1.82) is 0 Å². The molecule has 20 heavy (non-hydrogen) atoms. The maximum Gasteiger partial charge on any atom is 0.339 e. The average molecular weight is 278 g/mol.